The molecule has 24 heavy (non-hydrogen) atoms. The van der Waals surface area contributed by atoms with Gasteiger partial charge in [-0.1, -0.05) is 47.1 Å². The van der Waals surface area contributed by atoms with Crippen molar-refractivity contribution in [1.82, 2.24) is 5.16 Å². The molecule has 4 nitrogen and oxygen atoms in total. The fourth-order valence-corrected chi connectivity index (χ4v) is 2.79. The van der Waals surface area contributed by atoms with E-state index in [1.54, 1.807) is 6.26 Å². The number of hydrogen-bond acceptors (Lipinski definition) is 4. The number of halogens is 1. The highest BCUT2D eigenvalue weighted by Crippen LogP contribution is 2.30. The summed E-state index contributed by atoms with van der Waals surface area (Å²) >= 11 is 6.02. The summed E-state index contributed by atoms with van der Waals surface area (Å²) in [5, 5.41) is 17.7. The Bertz CT molecular complexity index is 799. The quantitative estimate of drug-likeness (QED) is 0.698. The SMILES string of the molecule is Cc1ccccc1NC(c1ccc(Cl)cc1)c1nocc1CCO. The number of aromatic nitrogens is 1. The van der Waals surface area contributed by atoms with E-state index in [4.69, 9.17) is 16.1 Å². The number of aliphatic hydroxyl groups is 1. The second kappa shape index (κ2) is 7.51. The molecule has 0 saturated carbocycles. The van der Waals surface area contributed by atoms with Crippen molar-refractivity contribution in [3.8, 4) is 0 Å². The van der Waals surface area contributed by atoms with E-state index in [9.17, 15) is 5.11 Å². The molecule has 1 unspecified atom stereocenters. The molecule has 3 rings (SSSR count). The summed E-state index contributed by atoms with van der Waals surface area (Å²) in [6.45, 7) is 2.10. The molecule has 2 N–H and O–H groups in total. The summed E-state index contributed by atoms with van der Waals surface area (Å²) in [7, 11) is 0. The van der Waals surface area contributed by atoms with Crippen LogP contribution in [0.1, 0.15) is 28.4 Å². The maximum absolute atomic E-state index is 9.28. The number of hydrogen-bond donors (Lipinski definition) is 2. The number of aryl methyl sites for hydroxylation is 1. The smallest absolute Gasteiger partial charge is 0.127 e. The number of anilines is 1. The van der Waals surface area contributed by atoms with Gasteiger partial charge in [-0.2, -0.15) is 0 Å². The first-order chi connectivity index (χ1) is 11.7. The maximum atomic E-state index is 9.28. The van der Waals surface area contributed by atoms with Gasteiger partial charge in [0.1, 0.15) is 12.0 Å². The fraction of sp³-hybridized carbons (Fsp3) is 0.211. The van der Waals surface area contributed by atoms with Crippen LogP contribution in [0, 0.1) is 6.92 Å². The zero-order chi connectivity index (χ0) is 16.9. The second-order valence-corrected chi connectivity index (χ2v) is 6.08. The Hall–Kier alpha value is -2.30. The summed E-state index contributed by atoms with van der Waals surface area (Å²) in [4.78, 5) is 0. The van der Waals surface area contributed by atoms with Crippen LogP contribution >= 0.6 is 11.6 Å². The van der Waals surface area contributed by atoms with Crippen LogP contribution in [0.15, 0.2) is 59.3 Å². The molecular formula is C19H19ClN2O2. The molecule has 0 aliphatic heterocycles. The van der Waals surface area contributed by atoms with Crippen LogP contribution in [-0.2, 0) is 6.42 Å². The van der Waals surface area contributed by atoms with Gasteiger partial charge in [0.25, 0.3) is 0 Å². The zero-order valence-corrected chi connectivity index (χ0v) is 14.1. The van der Waals surface area contributed by atoms with Crippen LogP contribution in [0.5, 0.6) is 0 Å². The molecule has 0 radical (unpaired) electrons. The number of nitrogens with zero attached hydrogens (tertiary/aromatic N) is 1. The lowest BCUT2D eigenvalue weighted by atomic mass is 9.99. The highest BCUT2D eigenvalue weighted by atomic mass is 35.5. The Kier molecular flexibility index (Phi) is 5.18. The van der Waals surface area contributed by atoms with Gasteiger partial charge in [0, 0.05) is 29.3 Å². The van der Waals surface area contributed by atoms with E-state index in [1.807, 2.05) is 42.5 Å². The van der Waals surface area contributed by atoms with Gasteiger partial charge in [0.05, 0.1) is 6.04 Å². The van der Waals surface area contributed by atoms with Crippen molar-refractivity contribution < 1.29 is 9.63 Å². The number of rotatable bonds is 6. The molecule has 0 saturated heterocycles. The molecule has 0 aliphatic rings. The minimum atomic E-state index is -0.191. The molecule has 1 aromatic heterocycles. The molecule has 3 aromatic rings. The Morgan fingerprint density at radius 1 is 1.17 bits per heavy atom. The van der Waals surface area contributed by atoms with Gasteiger partial charge < -0.3 is 14.9 Å². The van der Waals surface area contributed by atoms with Crippen molar-refractivity contribution in [2.24, 2.45) is 0 Å². The van der Waals surface area contributed by atoms with Crippen molar-refractivity contribution in [2.75, 3.05) is 11.9 Å². The molecular weight excluding hydrogens is 324 g/mol. The van der Waals surface area contributed by atoms with Crippen molar-refractivity contribution in [1.29, 1.82) is 0 Å². The third kappa shape index (κ3) is 3.61. The minimum absolute atomic E-state index is 0.0475. The van der Waals surface area contributed by atoms with Gasteiger partial charge in [0.2, 0.25) is 0 Å². The van der Waals surface area contributed by atoms with Gasteiger partial charge in [-0.15, -0.1) is 0 Å². The van der Waals surface area contributed by atoms with E-state index in [-0.39, 0.29) is 12.6 Å². The van der Waals surface area contributed by atoms with Gasteiger partial charge in [0.15, 0.2) is 0 Å². The summed E-state index contributed by atoms with van der Waals surface area (Å²) in [5.74, 6) is 0. The zero-order valence-electron chi connectivity index (χ0n) is 13.4. The van der Waals surface area contributed by atoms with Crippen LogP contribution in [-0.4, -0.2) is 16.9 Å². The second-order valence-electron chi connectivity index (χ2n) is 5.64. The third-order valence-electron chi connectivity index (χ3n) is 3.98. The number of aliphatic hydroxyl groups excluding tert-OH is 1. The van der Waals surface area contributed by atoms with Gasteiger partial charge in [-0.05, 0) is 36.2 Å². The van der Waals surface area contributed by atoms with Crippen LogP contribution in [0.3, 0.4) is 0 Å². The summed E-state index contributed by atoms with van der Waals surface area (Å²) in [6, 6.07) is 15.5. The van der Waals surface area contributed by atoms with Gasteiger partial charge >= 0.3 is 0 Å². The van der Waals surface area contributed by atoms with Crippen molar-refractivity contribution in [3.05, 3.63) is 82.2 Å². The van der Waals surface area contributed by atoms with E-state index in [2.05, 4.69) is 23.5 Å². The number of para-hydroxylation sites is 1. The first-order valence-electron chi connectivity index (χ1n) is 7.80. The Labute approximate surface area is 146 Å². The average molecular weight is 343 g/mol. The average Bonchev–Trinajstić information content (AvgIpc) is 3.04. The van der Waals surface area contributed by atoms with Gasteiger partial charge in [-0.25, -0.2) is 0 Å². The number of nitrogens with one attached hydrogen (secondary N) is 1. The largest absolute Gasteiger partial charge is 0.396 e. The van der Waals surface area contributed by atoms with Crippen LogP contribution in [0.4, 0.5) is 5.69 Å². The van der Waals surface area contributed by atoms with Crippen molar-refractivity contribution >= 4 is 17.3 Å². The van der Waals surface area contributed by atoms with Crippen LogP contribution in [0.2, 0.25) is 5.02 Å². The minimum Gasteiger partial charge on any atom is -0.396 e. The van der Waals surface area contributed by atoms with Crippen LogP contribution in [0.25, 0.3) is 0 Å². The predicted octanol–water partition coefficient (Wildman–Crippen LogP) is 4.37. The predicted molar refractivity (Wildman–Crippen MR) is 95.4 cm³/mol. The molecule has 1 heterocycles. The van der Waals surface area contributed by atoms with Crippen molar-refractivity contribution in [2.45, 2.75) is 19.4 Å². The molecule has 124 valence electrons. The lowest BCUT2D eigenvalue weighted by molar-refractivity contribution is 0.299. The summed E-state index contributed by atoms with van der Waals surface area (Å²) in [5.41, 5.74) is 4.85. The molecule has 0 spiro atoms. The molecule has 0 amide bonds. The van der Waals surface area contributed by atoms with E-state index < -0.39 is 0 Å². The van der Waals surface area contributed by atoms with Gasteiger partial charge in [-0.3, -0.25) is 0 Å². The first-order valence-corrected chi connectivity index (χ1v) is 8.18. The topological polar surface area (TPSA) is 58.3 Å². The van der Waals surface area contributed by atoms with E-state index >= 15 is 0 Å². The van der Waals surface area contributed by atoms with E-state index in [0.29, 0.717) is 11.4 Å². The lowest BCUT2D eigenvalue weighted by Gasteiger charge is -2.21. The van der Waals surface area contributed by atoms with Crippen LogP contribution < -0.4 is 5.32 Å². The molecule has 0 aliphatic carbocycles. The highest BCUT2D eigenvalue weighted by molar-refractivity contribution is 6.30. The molecule has 1 atom stereocenters. The Balaban J connectivity index is 2.02. The monoisotopic (exact) mass is 342 g/mol. The lowest BCUT2D eigenvalue weighted by Crippen LogP contribution is -2.15. The Morgan fingerprint density at radius 3 is 2.62 bits per heavy atom. The van der Waals surface area contributed by atoms with E-state index in [1.165, 1.54) is 0 Å². The molecule has 0 fully saturated rings. The highest BCUT2D eigenvalue weighted by Gasteiger charge is 2.22. The molecule has 5 heteroatoms. The maximum Gasteiger partial charge on any atom is 0.127 e. The summed E-state index contributed by atoms with van der Waals surface area (Å²) in [6.07, 6.45) is 2.09. The first kappa shape index (κ1) is 16.6. The summed E-state index contributed by atoms with van der Waals surface area (Å²) < 4.78 is 5.17. The fourth-order valence-electron chi connectivity index (χ4n) is 2.67. The molecule has 2 aromatic carbocycles. The standard InChI is InChI=1S/C19H19ClN2O2/c1-13-4-2-3-5-17(13)21-18(14-6-8-16(20)9-7-14)19-15(10-11-23)12-24-22-19/h2-9,12,18,21,23H,10-11H2,1H3. The van der Waals surface area contributed by atoms with Crippen molar-refractivity contribution in [3.63, 3.8) is 0 Å². The normalized spacial score (nSPS) is 12.1. The third-order valence-corrected chi connectivity index (χ3v) is 4.23. The Morgan fingerprint density at radius 2 is 1.92 bits per heavy atom. The van der Waals surface area contributed by atoms with E-state index in [0.717, 1.165) is 28.1 Å². The molecule has 0 bridgehead atoms. The number of benzene rings is 2.